The summed E-state index contributed by atoms with van der Waals surface area (Å²) >= 11 is 0. The highest BCUT2D eigenvalue weighted by Crippen LogP contribution is 2.17. The molecule has 0 spiro atoms. The summed E-state index contributed by atoms with van der Waals surface area (Å²) in [6.45, 7) is 3.40. The van der Waals surface area contributed by atoms with E-state index in [4.69, 9.17) is 5.11 Å². The zero-order chi connectivity index (χ0) is 9.80. The average Bonchev–Trinajstić information content (AvgIpc) is 2.67. The number of hydrogen-bond donors (Lipinski definition) is 1. The molecule has 0 aliphatic carbocycles. The molecule has 0 unspecified atom stereocenters. The van der Waals surface area contributed by atoms with Crippen LogP contribution in [0.1, 0.15) is 12.0 Å². The highest BCUT2D eigenvalue weighted by molar-refractivity contribution is 5.08. The maximum Gasteiger partial charge on any atom is 0.0471 e. The van der Waals surface area contributed by atoms with Gasteiger partial charge in [-0.05, 0) is 30.5 Å². The lowest BCUT2D eigenvalue weighted by Crippen LogP contribution is -2.20. The van der Waals surface area contributed by atoms with Crippen LogP contribution in [0.2, 0.25) is 0 Å². The van der Waals surface area contributed by atoms with Crippen LogP contribution in [0.5, 0.6) is 0 Å². The lowest BCUT2D eigenvalue weighted by molar-refractivity contribution is 0.220. The van der Waals surface area contributed by atoms with Crippen LogP contribution in [0.25, 0.3) is 0 Å². The molecule has 0 saturated carbocycles. The molecule has 2 heterocycles. The minimum Gasteiger partial charge on any atom is -0.396 e. The van der Waals surface area contributed by atoms with Crippen molar-refractivity contribution in [1.29, 1.82) is 0 Å². The van der Waals surface area contributed by atoms with Gasteiger partial charge in [0, 0.05) is 32.1 Å². The van der Waals surface area contributed by atoms with Gasteiger partial charge < -0.3 is 5.11 Å². The highest BCUT2D eigenvalue weighted by Gasteiger charge is 2.21. The van der Waals surface area contributed by atoms with Crippen LogP contribution in [0.3, 0.4) is 0 Å². The number of pyridine rings is 1. The molecule has 1 aromatic heterocycles. The maximum absolute atomic E-state index is 9.01. The van der Waals surface area contributed by atoms with Crippen molar-refractivity contribution < 1.29 is 5.11 Å². The standard InChI is InChI=1S/C11H16N2O/c14-9-11-3-5-13(8-11)7-10-2-1-4-12-6-10/h1-2,4,6,11,14H,3,5,7-9H2/t11-/m0/s1. The van der Waals surface area contributed by atoms with E-state index in [1.54, 1.807) is 6.20 Å². The smallest absolute Gasteiger partial charge is 0.0471 e. The summed E-state index contributed by atoms with van der Waals surface area (Å²) in [5.74, 6) is 0.478. The Balaban J connectivity index is 1.88. The zero-order valence-electron chi connectivity index (χ0n) is 8.26. The Hall–Kier alpha value is -0.930. The fraction of sp³-hybridized carbons (Fsp3) is 0.545. The molecule has 1 N–H and O–H groups in total. The summed E-state index contributed by atoms with van der Waals surface area (Å²) in [4.78, 5) is 6.46. The number of aliphatic hydroxyl groups is 1. The summed E-state index contributed by atoms with van der Waals surface area (Å²) in [7, 11) is 0. The van der Waals surface area contributed by atoms with Gasteiger partial charge in [0.1, 0.15) is 0 Å². The lowest BCUT2D eigenvalue weighted by Gasteiger charge is -2.14. The van der Waals surface area contributed by atoms with Gasteiger partial charge in [-0.1, -0.05) is 6.07 Å². The quantitative estimate of drug-likeness (QED) is 0.773. The van der Waals surface area contributed by atoms with Crippen molar-refractivity contribution >= 4 is 0 Å². The van der Waals surface area contributed by atoms with Gasteiger partial charge in [-0.25, -0.2) is 0 Å². The van der Waals surface area contributed by atoms with Crippen molar-refractivity contribution in [3.8, 4) is 0 Å². The Morgan fingerprint density at radius 3 is 3.14 bits per heavy atom. The van der Waals surface area contributed by atoms with E-state index in [-0.39, 0.29) is 0 Å². The molecule has 3 nitrogen and oxygen atoms in total. The topological polar surface area (TPSA) is 36.4 Å². The van der Waals surface area contributed by atoms with E-state index < -0.39 is 0 Å². The molecule has 2 rings (SSSR count). The van der Waals surface area contributed by atoms with E-state index in [1.165, 1.54) is 5.56 Å². The predicted octanol–water partition coefficient (Wildman–Crippen LogP) is 0.896. The summed E-state index contributed by atoms with van der Waals surface area (Å²) in [6, 6.07) is 4.06. The van der Waals surface area contributed by atoms with Crippen LogP contribution < -0.4 is 0 Å². The number of aromatic nitrogens is 1. The van der Waals surface area contributed by atoms with Crippen molar-refractivity contribution in [2.45, 2.75) is 13.0 Å². The lowest BCUT2D eigenvalue weighted by atomic mass is 10.1. The third-order valence-electron chi connectivity index (χ3n) is 2.76. The summed E-state index contributed by atoms with van der Waals surface area (Å²) in [6.07, 6.45) is 4.83. The largest absolute Gasteiger partial charge is 0.396 e. The molecule has 14 heavy (non-hydrogen) atoms. The Morgan fingerprint density at radius 2 is 2.50 bits per heavy atom. The van der Waals surface area contributed by atoms with Crippen LogP contribution in [0.15, 0.2) is 24.5 Å². The van der Waals surface area contributed by atoms with Gasteiger partial charge in [0.05, 0.1) is 0 Å². The molecule has 1 atom stereocenters. The monoisotopic (exact) mass is 192 g/mol. The van der Waals surface area contributed by atoms with Crippen molar-refractivity contribution in [2.75, 3.05) is 19.7 Å². The maximum atomic E-state index is 9.01. The molecule has 1 aliphatic heterocycles. The van der Waals surface area contributed by atoms with E-state index in [2.05, 4.69) is 16.0 Å². The van der Waals surface area contributed by atoms with E-state index in [9.17, 15) is 0 Å². The predicted molar refractivity (Wildman–Crippen MR) is 54.7 cm³/mol. The van der Waals surface area contributed by atoms with E-state index in [0.29, 0.717) is 12.5 Å². The second-order valence-electron chi connectivity index (χ2n) is 3.93. The van der Waals surface area contributed by atoms with Crippen molar-refractivity contribution in [1.82, 2.24) is 9.88 Å². The molecular formula is C11H16N2O. The van der Waals surface area contributed by atoms with Crippen LogP contribution in [0, 0.1) is 5.92 Å². The minimum absolute atomic E-state index is 0.323. The molecule has 0 radical (unpaired) electrons. The number of aliphatic hydroxyl groups excluding tert-OH is 1. The second-order valence-corrected chi connectivity index (χ2v) is 3.93. The van der Waals surface area contributed by atoms with Gasteiger partial charge in [0.25, 0.3) is 0 Å². The van der Waals surface area contributed by atoms with Gasteiger partial charge in [0.15, 0.2) is 0 Å². The van der Waals surface area contributed by atoms with Gasteiger partial charge in [-0.15, -0.1) is 0 Å². The first-order valence-electron chi connectivity index (χ1n) is 5.10. The zero-order valence-corrected chi connectivity index (χ0v) is 8.26. The van der Waals surface area contributed by atoms with Crippen LogP contribution >= 0.6 is 0 Å². The molecule has 0 aromatic carbocycles. The molecule has 3 heteroatoms. The number of nitrogens with zero attached hydrogens (tertiary/aromatic N) is 2. The van der Waals surface area contributed by atoms with Crippen molar-refractivity contribution in [3.63, 3.8) is 0 Å². The van der Waals surface area contributed by atoms with Gasteiger partial charge in [-0.2, -0.15) is 0 Å². The van der Waals surface area contributed by atoms with Crippen molar-refractivity contribution in [2.24, 2.45) is 5.92 Å². The first-order chi connectivity index (χ1) is 6.88. The minimum atomic E-state index is 0.323. The number of likely N-dealkylation sites (tertiary alicyclic amines) is 1. The third-order valence-corrected chi connectivity index (χ3v) is 2.76. The summed E-state index contributed by atoms with van der Waals surface area (Å²) in [5, 5.41) is 9.01. The fourth-order valence-corrected chi connectivity index (χ4v) is 1.96. The fourth-order valence-electron chi connectivity index (χ4n) is 1.96. The Bertz CT molecular complexity index is 276. The van der Waals surface area contributed by atoms with Gasteiger partial charge in [0.2, 0.25) is 0 Å². The summed E-state index contributed by atoms with van der Waals surface area (Å²) in [5.41, 5.74) is 1.26. The SMILES string of the molecule is OC[C@H]1CCN(Cc2cccnc2)C1. The molecule has 1 saturated heterocycles. The second kappa shape index (κ2) is 4.53. The van der Waals surface area contributed by atoms with Crippen molar-refractivity contribution in [3.05, 3.63) is 30.1 Å². The normalized spacial score (nSPS) is 22.8. The molecule has 1 aliphatic rings. The molecular weight excluding hydrogens is 176 g/mol. The number of rotatable bonds is 3. The molecule has 76 valence electrons. The van der Waals surface area contributed by atoms with E-state index in [1.807, 2.05) is 12.3 Å². The Morgan fingerprint density at radius 1 is 1.57 bits per heavy atom. The number of hydrogen-bond acceptors (Lipinski definition) is 3. The molecule has 0 amide bonds. The first-order valence-corrected chi connectivity index (χ1v) is 5.10. The van der Waals surface area contributed by atoms with E-state index in [0.717, 1.165) is 26.1 Å². The van der Waals surface area contributed by atoms with Crippen LogP contribution in [-0.4, -0.2) is 34.7 Å². The average molecular weight is 192 g/mol. The van der Waals surface area contributed by atoms with Crippen LogP contribution in [0.4, 0.5) is 0 Å². The van der Waals surface area contributed by atoms with E-state index >= 15 is 0 Å². The molecule has 1 fully saturated rings. The Labute approximate surface area is 84.4 Å². The van der Waals surface area contributed by atoms with Gasteiger partial charge >= 0.3 is 0 Å². The molecule has 1 aromatic rings. The molecule has 0 bridgehead atoms. The Kier molecular flexibility index (Phi) is 3.11. The van der Waals surface area contributed by atoms with Crippen LogP contribution in [-0.2, 0) is 6.54 Å². The highest BCUT2D eigenvalue weighted by atomic mass is 16.3. The third kappa shape index (κ3) is 2.30. The van der Waals surface area contributed by atoms with Gasteiger partial charge in [-0.3, -0.25) is 9.88 Å². The summed E-state index contributed by atoms with van der Waals surface area (Å²) < 4.78 is 0. The first kappa shape index (κ1) is 9.62.